The maximum absolute atomic E-state index is 14.1. The molecule has 1 atom stereocenters. The molecule has 6 nitrogen and oxygen atoms in total. The topological polar surface area (TPSA) is 71.2 Å². The number of aromatic hydroxyl groups is 1. The molecule has 138 valence electrons. The lowest BCUT2D eigenvalue weighted by Gasteiger charge is -2.32. The molecule has 0 aliphatic carbocycles. The van der Waals surface area contributed by atoms with Gasteiger partial charge in [0.25, 0.3) is 5.91 Å². The number of benzene rings is 1. The van der Waals surface area contributed by atoms with E-state index >= 15 is 0 Å². The summed E-state index contributed by atoms with van der Waals surface area (Å²) < 4.78 is 16.3. The first-order valence-corrected chi connectivity index (χ1v) is 9.34. The lowest BCUT2D eigenvalue weighted by atomic mass is 9.96. The van der Waals surface area contributed by atoms with Crippen molar-refractivity contribution >= 4 is 5.91 Å². The quantitative estimate of drug-likeness (QED) is 0.896. The minimum absolute atomic E-state index is 0.0981. The van der Waals surface area contributed by atoms with E-state index in [1.165, 1.54) is 24.6 Å². The van der Waals surface area contributed by atoms with Crippen LogP contribution in [0, 0.1) is 5.82 Å². The Bertz CT molecular complexity index is 800. The van der Waals surface area contributed by atoms with Crippen LogP contribution >= 0.6 is 0 Å². The monoisotopic (exact) mass is 358 g/mol. The van der Waals surface area contributed by atoms with Crippen LogP contribution in [0.5, 0.6) is 5.75 Å². The number of aromatic nitrogens is 3. The van der Waals surface area contributed by atoms with Crippen molar-refractivity contribution in [2.24, 2.45) is 0 Å². The van der Waals surface area contributed by atoms with Gasteiger partial charge in [0.2, 0.25) is 0 Å². The zero-order valence-corrected chi connectivity index (χ0v) is 14.7. The molecule has 1 N–H and O–H groups in total. The Morgan fingerprint density at radius 1 is 1.15 bits per heavy atom. The van der Waals surface area contributed by atoms with E-state index in [0.717, 1.165) is 50.3 Å². The van der Waals surface area contributed by atoms with Crippen LogP contribution in [0.1, 0.15) is 60.0 Å². The molecule has 0 radical (unpaired) electrons. The minimum Gasteiger partial charge on any atom is -0.507 e. The number of carbonyl (C=O) groups excluding carboxylic acids is 1. The number of nitrogens with zero attached hydrogens (tertiary/aromatic N) is 4. The lowest BCUT2D eigenvalue weighted by molar-refractivity contribution is 0.0695. The molecule has 1 fully saturated rings. The number of phenols is 1. The lowest BCUT2D eigenvalue weighted by Crippen LogP contribution is -2.40. The van der Waals surface area contributed by atoms with Crippen LogP contribution in [-0.2, 0) is 13.0 Å². The number of phenolic OH excluding ortho intramolecular Hbond substituents is 1. The van der Waals surface area contributed by atoms with Crippen LogP contribution in [-0.4, -0.2) is 43.8 Å². The molecule has 26 heavy (non-hydrogen) atoms. The number of carbonyl (C=O) groups is 1. The average Bonchev–Trinajstić information content (AvgIpc) is 2.90. The Kier molecular flexibility index (Phi) is 4.61. The largest absolute Gasteiger partial charge is 0.507 e. The highest BCUT2D eigenvalue weighted by Crippen LogP contribution is 2.30. The molecule has 0 bridgehead atoms. The highest BCUT2D eigenvalue weighted by Gasteiger charge is 2.31. The number of amides is 1. The molecule has 0 saturated carbocycles. The first-order chi connectivity index (χ1) is 12.6. The van der Waals surface area contributed by atoms with Crippen LogP contribution < -0.4 is 0 Å². The fraction of sp³-hybridized carbons (Fsp3) is 0.526. The van der Waals surface area contributed by atoms with E-state index in [4.69, 9.17) is 0 Å². The number of aryl methyl sites for hydroxylation is 1. The van der Waals surface area contributed by atoms with Crippen molar-refractivity contribution in [3.63, 3.8) is 0 Å². The Balaban J connectivity index is 1.57. The summed E-state index contributed by atoms with van der Waals surface area (Å²) in [6, 6.07) is 3.94. The summed E-state index contributed by atoms with van der Waals surface area (Å²) in [5, 5.41) is 18.7. The normalized spacial score (nSPS) is 20.5. The Hall–Kier alpha value is -2.44. The molecule has 0 spiro atoms. The van der Waals surface area contributed by atoms with Gasteiger partial charge in [-0.2, -0.15) is 0 Å². The van der Waals surface area contributed by atoms with Gasteiger partial charge in [0, 0.05) is 32.0 Å². The zero-order valence-electron chi connectivity index (χ0n) is 14.7. The summed E-state index contributed by atoms with van der Waals surface area (Å²) in [6.07, 6.45) is 6.17. The van der Waals surface area contributed by atoms with Crippen LogP contribution in [0.15, 0.2) is 18.2 Å². The Labute approximate surface area is 151 Å². The summed E-state index contributed by atoms with van der Waals surface area (Å²) in [6.45, 7) is 1.96. The highest BCUT2D eigenvalue weighted by molar-refractivity contribution is 5.97. The van der Waals surface area contributed by atoms with Gasteiger partial charge in [0.15, 0.2) is 0 Å². The number of likely N-dealkylation sites (tertiary alicyclic amines) is 1. The number of piperidine rings is 1. The summed E-state index contributed by atoms with van der Waals surface area (Å²) in [7, 11) is 0. The van der Waals surface area contributed by atoms with Crippen molar-refractivity contribution in [3.05, 3.63) is 41.2 Å². The third kappa shape index (κ3) is 3.06. The van der Waals surface area contributed by atoms with Crippen LogP contribution in [0.2, 0.25) is 0 Å². The third-order valence-corrected chi connectivity index (χ3v) is 5.42. The van der Waals surface area contributed by atoms with Crippen LogP contribution in [0.4, 0.5) is 4.39 Å². The van der Waals surface area contributed by atoms with Crippen molar-refractivity contribution < 1.29 is 14.3 Å². The van der Waals surface area contributed by atoms with Gasteiger partial charge in [0.1, 0.15) is 28.8 Å². The second-order valence-corrected chi connectivity index (χ2v) is 7.16. The molecular weight excluding hydrogens is 335 g/mol. The number of hydrogen-bond acceptors (Lipinski definition) is 4. The Morgan fingerprint density at radius 2 is 2.04 bits per heavy atom. The number of halogens is 1. The van der Waals surface area contributed by atoms with E-state index in [2.05, 4.69) is 14.8 Å². The number of fused-ring (bicyclic) bond motifs is 1. The van der Waals surface area contributed by atoms with Gasteiger partial charge in [-0.1, -0.05) is 12.5 Å². The highest BCUT2D eigenvalue weighted by atomic mass is 19.1. The van der Waals surface area contributed by atoms with Crippen molar-refractivity contribution in [1.29, 1.82) is 0 Å². The standard InChI is InChI=1S/C19H23FN4O2/c20-14-7-4-8-15(25)17(14)19(26)23-10-5-6-13(12-23)18-22-21-16-9-2-1-3-11-24(16)18/h4,7-8,13,25H,1-3,5-6,9-12H2. The van der Waals surface area contributed by atoms with Gasteiger partial charge in [0.05, 0.1) is 0 Å². The molecule has 2 aromatic rings. The number of rotatable bonds is 2. The van der Waals surface area contributed by atoms with Crippen molar-refractivity contribution in [2.45, 2.75) is 51.0 Å². The number of hydrogen-bond donors (Lipinski definition) is 1. The van der Waals surface area contributed by atoms with E-state index in [-0.39, 0.29) is 17.2 Å². The van der Waals surface area contributed by atoms with E-state index in [0.29, 0.717) is 13.1 Å². The van der Waals surface area contributed by atoms with Crippen molar-refractivity contribution in [1.82, 2.24) is 19.7 Å². The smallest absolute Gasteiger partial charge is 0.260 e. The van der Waals surface area contributed by atoms with Crippen LogP contribution in [0.3, 0.4) is 0 Å². The van der Waals surface area contributed by atoms with Gasteiger partial charge in [-0.05, 0) is 37.8 Å². The molecule has 2 aliphatic rings. The third-order valence-electron chi connectivity index (χ3n) is 5.42. The summed E-state index contributed by atoms with van der Waals surface area (Å²) in [4.78, 5) is 14.4. The maximum Gasteiger partial charge on any atom is 0.260 e. The molecule has 1 amide bonds. The zero-order chi connectivity index (χ0) is 18.1. The van der Waals surface area contributed by atoms with E-state index < -0.39 is 11.7 Å². The fourth-order valence-electron chi connectivity index (χ4n) is 4.06. The molecule has 7 heteroatoms. The minimum atomic E-state index is -0.687. The van der Waals surface area contributed by atoms with E-state index in [1.807, 2.05) is 0 Å². The van der Waals surface area contributed by atoms with Crippen molar-refractivity contribution in [2.75, 3.05) is 13.1 Å². The molecule has 1 aromatic carbocycles. The molecule has 1 saturated heterocycles. The molecule has 2 aliphatic heterocycles. The van der Waals surface area contributed by atoms with Gasteiger partial charge in [-0.25, -0.2) is 4.39 Å². The second-order valence-electron chi connectivity index (χ2n) is 7.16. The predicted octanol–water partition coefficient (Wildman–Crippen LogP) is 2.87. The van der Waals surface area contributed by atoms with E-state index in [1.54, 1.807) is 4.90 Å². The fourth-order valence-corrected chi connectivity index (χ4v) is 4.06. The van der Waals surface area contributed by atoms with Gasteiger partial charge < -0.3 is 14.6 Å². The summed E-state index contributed by atoms with van der Waals surface area (Å²) in [5.74, 6) is 0.619. The maximum atomic E-state index is 14.1. The second kappa shape index (κ2) is 7.05. The van der Waals surface area contributed by atoms with Gasteiger partial charge in [-0.15, -0.1) is 10.2 Å². The van der Waals surface area contributed by atoms with E-state index in [9.17, 15) is 14.3 Å². The molecule has 3 heterocycles. The average molecular weight is 358 g/mol. The molecule has 1 aromatic heterocycles. The SMILES string of the molecule is O=C(c1c(O)cccc1F)N1CCCC(c2nnc3n2CCCCC3)C1. The van der Waals surface area contributed by atoms with Gasteiger partial charge >= 0.3 is 0 Å². The summed E-state index contributed by atoms with van der Waals surface area (Å²) >= 11 is 0. The van der Waals surface area contributed by atoms with Gasteiger partial charge in [-0.3, -0.25) is 4.79 Å². The summed E-state index contributed by atoms with van der Waals surface area (Å²) in [5.41, 5.74) is -0.242. The van der Waals surface area contributed by atoms with Crippen molar-refractivity contribution in [3.8, 4) is 5.75 Å². The first-order valence-electron chi connectivity index (χ1n) is 9.34. The predicted molar refractivity (Wildman–Crippen MR) is 93.5 cm³/mol. The molecule has 1 unspecified atom stereocenters. The molecule has 4 rings (SSSR count). The first kappa shape index (κ1) is 17.0. The Morgan fingerprint density at radius 3 is 2.88 bits per heavy atom. The molecular formula is C19H23FN4O2. The van der Waals surface area contributed by atoms with Crippen LogP contribution in [0.25, 0.3) is 0 Å².